The van der Waals surface area contributed by atoms with Crippen LogP contribution in [-0.4, -0.2) is 28.6 Å². The lowest BCUT2D eigenvalue weighted by molar-refractivity contribution is -0.121. The lowest BCUT2D eigenvalue weighted by Gasteiger charge is -2.03. The molecule has 1 aromatic carbocycles. The number of likely N-dealkylation sites (N-methyl/N-ethyl adjacent to an activating group) is 1. The topological polar surface area (TPSA) is 76.0 Å². The summed E-state index contributed by atoms with van der Waals surface area (Å²) in [6.07, 6.45) is 2.88. The van der Waals surface area contributed by atoms with Crippen LogP contribution in [0.3, 0.4) is 0 Å². The molecule has 2 rings (SSSR count). The third-order valence-electron chi connectivity index (χ3n) is 2.59. The van der Waals surface area contributed by atoms with Gasteiger partial charge in [-0.05, 0) is 12.1 Å². The van der Waals surface area contributed by atoms with Gasteiger partial charge in [0.25, 0.3) is 5.91 Å². The second-order valence-electron chi connectivity index (χ2n) is 4.03. The van der Waals surface area contributed by atoms with Crippen LogP contribution < -0.4 is 10.6 Å². The number of carbonyl (C=O) groups excluding carboxylic acids is 2. The van der Waals surface area contributed by atoms with Gasteiger partial charge in [-0.15, -0.1) is 0 Å². The first kappa shape index (κ1) is 13.7. The van der Waals surface area contributed by atoms with Gasteiger partial charge in [0.05, 0.1) is 17.4 Å². The maximum absolute atomic E-state index is 13.4. The van der Waals surface area contributed by atoms with E-state index in [2.05, 4.69) is 15.7 Å². The van der Waals surface area contributed by atoms with E-state index in [9.17, 15) is 14.0 Å². The minimum atomic E-state index is -0.595. The van der Waals surface area contributed by atoms with E-state index in [4.69, 9.17) is 0 Å². The molecule has 0 unspecified atom stereocenters. The second kappa shape index (κ2) is 5.96. The molecule has 0 radical (unpaired) electrons. The van der Waals surface area contributed by atoms with Crippen LogP contribution in [0.4, 0.5) is 10.1 Å². The summed E-state index contributed by atoms with van der Waals surface area (Å²) in [6.45, 7) is 0.0477. The SMILES string of the molecule is CNC(=O)Cn1cc(NC(=O)c2ccccc2F)cn1. The summed E-state index contributed by atoms with van der Waals surface area (Å²) in [4.78, 5) is 23.0. The minimum absolute atomic E-state index is 0.0477. The number of carbonyl (C=O) groups is 2. The zero-order chi connectivity index (χ0) is 14.5. The lowest BCUT2D eigenvalue weighted by atomic mass is 10.2. The molecule has 0 aliphatic carbocycles. The molecular formula is C13H13FN4O2. The first-order valence-corrected chi connectivity index (χ1v) is 5.89. The molecule has 0 fully saturated rings. The van der Waals surface area contributed by atoms with Crippen molar-refractivity contribution in [1.29, 1.82) is 0 Å². The van der Waals surface area contributed by atoms with Crippen LogP contribution in [0.25, 0.3) is 0 Å². The van der Waals surface area contributed by atoms with Crippen LogP contribution >= 0.6 is 0 Å². The third kappa shape index (κ3) is 3.19. The van der Waals surface area contributed by atoms with Crippen molar-refractivity contribution in [1.82, 2.24) is 15.1 Å². The highest BCUT2D eigenvalue weighted by Crippen LogP contribution is 2.11. The Morgan fingerprint density at radius 1 is 1.35 bits per heavy atom. The standard InChI is InChI=1S/C13H13FN4O2/c1-15-12(19)8-18-7-9(6-16-18)17-13(20)10-4-2-3-5-11(10)14/h2-7H,8H2,1H3,(H,15,19)(H,17,20). The van der Waals surface area contributed by atoms with E-state index >= 15 is 0 Å². The van der Waals surface area contributed by atoms with Crippen LogP contribution in [-0.2, 0) is 11.3 Å². The van der Waals surface area contributed by atoms with Gasteiger partial charge in [-0.1, -0.05) is 12.1 Å². The van der Waals surface area contributed by atoms with Gasteiger partial charge < -0.3 is 10.6 Å². The van der Waals surface area contributed by atoms with Crippen molar-refractivity contribution in [2.45, 2.75) is 6.54 Å². The first-order chi connectivity index (χ1) is 9.60. The predicted molar refractivity (Wildman–Crippen MR) is 70.6 cm³/mol. The van der Waals surface area contributed by atoms with Crippen molar-refractivity contribution >= 4 is 17.5 Å². The predicted octanol–water partition coefficient (Wildman–Crippen LogP) is 1.02. The summed E-state index contributed by atoms with van der Waals surface area (Å²) in [6, 6.07) is 5.68. The van der Waals surface area contributed by atoms with Gasteiger partial charge in [-0.2, -0.15) is 5.10 Å². The maximum Gasteiger partial charge on any atom is 0.258 e. The molecule has 1 aromatic heterocycles. The molecule has 6 nitrogen and oxygen atoms in total. The fourth-order valence-electron chi connectivity index (χ4n) is 1.58. The number of nitrogens with zero attached hydrogens (tertiary/aromatic N) is 2. The summed E-state index contributed by atoms with van der Waals surface area (Å²) in [5, 5.41) is 8.90. The van der Waals surface area contributed by atoms with Gasteiger partial charge >= 0.3 is 0 Å². The Morgan fingerprint density at radius 3 is 2.80 bits per heavy atom. The number of hydrogen-bond donors (Lipinski definition) is 2. The third-order valence-corrected chi connectivity index (χ3v) is 2.59. The molecule has 0 spiro atoms. The largest absolute Gasteiger partial charge is 0.358 e. The Morgan fingerprint density at radius 2 is 2.10 bits per heavy atom. The first-order valence-electron chi connectivity index (χ1n) is 5.89. The number of benzene rings is 1. The van der Waals surface area contributed by atoms with Crippen molar-refractivity contribution in [3.8, 4) is 0 Å². The van der Waals surface area contributed by atoms with Crippen molar-refractivity contribution < 1.29 is 14.0 Å². The molecular weight excluding hydrogens is 263 g/mol. The molecule has 2 aromatic rings. The Labute approximate surface area is 114 Å². The quantitative estimate of drug-likeness (QED) is 0.875. The van der Waals surface area contributed by atoms with E-state index in [-0.39, 0.29) is 18.0 Å². The van der Waals surface area contributed by atoms with E-state index in [0.717, 1.165) is 0 Å². The number of halogens is 1. The second-order valence-corrected chi connectivity index (χ2v) is 4.03. The van der Waals surface area contributed by atoms with Crippen molar-refractivity contribution in [2.24, 2.45) is 0 Å². The molecule has 2 amide bonds. The van der Waals surface area contributed by atoms with Gasteiger partial charge in [0.15, 0.2) is 0 Å². The summed E-state index contributed by atoms with van der Waals surface area (Å²) in [5.41, 5.74) is 0.341. The van der Waals surface area contributed by atoms with E-state index in [1.54, 1.807) is 6.07 Å². The van der Waals surface area contributed by atoms with Crippen molar-refractivity contribution in [3.63, 3.8) is 0 Å². The van der Waals surface area contributed by atoms with E-state index < -0.39 is 11.7 Å². The number of rotatable bonds is 4. The highest BCUT2D eigenvalue weighted by molar-refractivity contribution is 6.04. The Kier molecular flexibility index (Phi) is 4.09. The van der Waals surface area contributed by atoms with Crippen LogP contribution in [0.5, 0.6) is 0 Å². The zero-order valence-electron chi connectivity index (χ0n) is 10.8. The molecule has 1 heterocycles. The Balaban J connectivity index is 2.05. The number of anilines is 1. The number of aromatic nitrogens is 2. The summed E-state index contributed by atoms with van der Waals surface area (Å²) in [7, 11) is 1.52. The molecule has 0 saturated heterocycles. The van der Waals surface area contributed by atoms with E-state index in [0.29, 0.717) is 5.69 Å². The van der Waals surface area contributed by atoms with Crippen molar-refractivity contribution in [2.75, 3.05) is 12.4 Å². The fourth-order valence-corrected chi connectivity index (χ4v) is 1.58. The van der Waals surface area contributed by atoms with Gasteiger partial charge in [0, 0.05) is 13.2 Å². The minimum Gasteiger partial charge on any atom is -0.358 e. The summed E-state index contributed by atoms with van der Waals surface area (Å²) < 4.78 is 14.8. The molecule has 104 valence electrons. The Bertz CT molecular complexity index is 639. The molecule has 0 atom stereocenters. The highest BCUT2D eigenvalue weighted by atomic mass is 19.1. The van der Waals surface area contributed by atoms with Gasteiger partial charge in [-0.3, -0.25) is 14.3 Å². The average molecular weight is 276 g/mol. The molecule has 0 aliphatic rings. The lowest BCUT2D eigenvalue weighted by Crippen LogP contribution is -2.23. The molecule has 0 bridgehead atoms. The van der Waals surface area contributed by atoms with Crippen molar-refractivity contribution in [3.05, 3.63) is 48.0 Å². The molecule has 0 saturated carbocycles. The average Bonchev–Trinajstić information content (AvgIpc) is 2.86. The molecule has 2 N–H and O–H groups in total. The molecule has 7 heteroatoms. The maximum atomic E-state index is 13.4. The zero-order valence-corrected chi connectivity index (χ0v) is 10.8. The van der Waals surface area contributed by atoms with Gasteiger partial charge in [0.1, 0.15) is 12.4 Å². The van der Waals surface area contributed by atoms with Gasteiger partial charge in [0.2, 0.25) is 5.91 Å². The van der Waals surface area contributed by atoms with E-state index in [1.807, 2.05) is 0 Å². The number of nitrogens with one attached hydrogen (secondary N) is 2. The fraction of sp³-hybridized carbons (Fsp3) is 0.154. The van der Waals surface area contributed by atoms with E-state index in [1.165, 1.54) is 42.3 Å². The van der Waals surface area contributed by atoms with Crippen LogP contribution in [0.2, 0.25) is 0 Å². The van der Waals surface area contributed by atoms with Crippen LogP contribution in [0, 0.1) is 5.82 Å². The van der Waals surface area contributed by atoms with Crippen LogP contribution in [0.15, 0.2) is 36.7 Å². The number of amides is 2. The summed E-state index contributed by atoms with van der Waals surface area (Å²) in [5.74, 6) is -1.37. The summed E-state index contributed by atoms with van der Waals surface area (Å²) >= 11 is 0. The Hall–Kier alpha value is -2.70. The normalized spacial score (nSPS) is 10.1. The van der Waals surface area contributed by atoms with Gasteiger partial charge in [-0.25, -0.2) is 4.39 Å². The molecule has 0 aliphatic heterocycles. The highest BCUT2D eigenvalue weighted by Gasteiger charge is 2.12. The smallest absolute Gasteiger partial charge is 0.258 e. The number of hydrogen-bond acceptors (Lipinski definition) is 3. The molecule has 20 heavy (non-hydrogen) atoms. The monoisotopic (exact) mass is 276 g/mol. The van der Waals surface area contributed by atoms with Crippen LogP contribution in [0.1, 0.15) is 10.4 Å².